The molecule has 0 spiro atoms. The van der Waals surface area contributed by atoms with E-state index < -0.39 is 0 Å². The Morgan fingerprint density at radius 2 is 1.93 bits per heavy atom. The molecule has 1 aromatic heterocycles. The van der Waals surface area contributed by atoms with E-state index >= 15 is 0 Å². The third kappa shape index (κ3) is 4.91. The highest BCUT2D eigenvalue weighted by molar-refractivity contribution is 6.36. The fourth-order valence-corrected chi connectivity index (χ4v) is 3.17. The minimum absolute atomic E-state index is 0.474. The van der Waals surface area contributed by atoms with E-state index in [2.05, 4.69) is 20.6 Å². The number of allylic oxidation sites excluding steroid dienone is 1. The van der Waals surface area contributed by atoms with Gasteiger partial charge in [-0.05, 0) is 42.8 Å². The Morgan fingerprint density at radius 1 is 1.11 bits per heavy atom. The summed E-state index contributed by atoms with van der Waals surface area (Å²) in [5.74, 6) is 1.76. The van der Waals surface area contributed by atoms with E-state index in [4.69, 9.17) is 34.3 Å². The predicted molar refractivity (Wildman–Crippen MR) is 117 cm³/mol. The minimum Gasteiger partial charge on any atom is -0.385 e. The van der Waals surface area contributed by atoms with Crippen molar-refractivity contribution in [3.8, 4) is 11.4 Å². The van der Waals surface area contributed by atoms with Gasteiger partial charge in [0.05, 0.1) is 16.4 Å². The van der Waals surface area contributed by atoms with E-state index in [1.807, 2.05) is 30.3 Å². The summed E-state index contributed by atoms with van der Waals surface area (Å²) in [6.07, 6.45) is 3.48. The van der Waals surface area contributed by atoms with Crippen molar-refractivity contribution in [2.45, 2.75) is 6.42 Å². The zero-order chi connectivity index (χ0) is 19.9. The molecular weight excluding hydrogens is 395 g/mol. The molecule has 3 rings (SSSR count). The van der Waals surface area contributed by atoms with Gasteiger partial charge < -0.3 is 21.8 Å². The lowest BCUT2D eigenvalue weighted by Crippen LogP contribution is -2.23. The van der Waals surface area contributed by atoms with Crippen LogP contribution < -0.4 is 16.4 Å². The molecular formula is C20H20Cl2N6. The number of nitrogens with one attached hydrogen (secondary N) is 3. The Hall–Kier alpha value is -2.83. The molecule has 0 fully saturated rings. The molecule has 1 heterocycles. The summed E-state index contributed by atoms with van der Waals surface area (Å²) in [7, 11) is 0. The van der Waals surface area contributed by atoms with Crippen LogP contribution in [0.15, 0.2) is 54.4 Å². The highest BCUT2D eigenvalue weighted by Gasteiger charge is 2.12. The second-order valence-electron chi connectivity index (χ2n) is 6.03. The van der Waals surface area contributed by atoms with Gasteiger partial charge in [-0.3, -0.25) is 0 Å². The maximum atomic E-state index is 6.99. The van der Waals surface area contributed by atoms with Crippen LogP contribution in [0.25, 0.3) is 22.3 Å². The van der Waals surface area contributed by atoms with Gasteiger partial charge in [0, 0.05) is 35.3 Å². The van der Waals surface area contributed by atoms with E-state index in [1.165, 1.54) is 6.08 Å². The normalized spacial score (nSPS) is 11.4. The molecule has 6 nitrogen and oxygen atoms in total. The lowest BCUT2D eigenvalue weighted by molar-refractivity contribution is 0.740. The highest BCUT2D eigenvalue weighted by Crippen LogP contribution is 2.31. The molecule has 28 heavy (non-hydrogen) atoms. The van der Waals surface area contributed by atoms with Gasteiger partial charge in [0.1, 0.15) is 5.82 Å². The van der Waals surface area contributed by atoms with Crippen molar-refractivity contribution < 1.29 is 0 Å². The SMILES string of the molecule is N=C/C=C(\N)NCCCNc1nc(-c2ccc(Cl)cc2Cl)nc2ccccc12. The van der Waals surface area contributed by atoms with E-state index in [9.17, 15) is 0 Å². The maximum absolute atomic E-state index is 6.99. The molecule has 0 saturated heterocycles. The number of halogens is 2. The van der Waals surface area contributed by atoms with Gasteiger partial charge in [0.15, 0.2) is 5.82 Å². The fourth-order valence-electron chi connectivity index (χ4n) is 2.68. The topological polar surface area (TPSA) is 99.7 Å². The number of rotatable bonds is 8. The van der Waals surface area contributed by atoms with Crippen LogP contribution in [0.2, 0.25) is 10.0 Å². The minimum atomic E-state index is 0.474. The second kappa shape index (κ2) is 9.39. The van der Waals surface area contributed by atoms with Gasteiger partial charge in [0.2, 0.25) is 0 Å². The Morgan fingerprint density at radius 3 is 2.71 bits per heavy atom. The van der Waals surface area contributed by atoms with Crippen molar-refractivity contribution in [1.29, 1.82) is 5.41 Å². The molecule has 2 aromatic carbocycles. The number of para-hydroxylation sites is 1. The number of anilines is 1. The van der Waals surface area contributed by atoms with Gasteiger partial charge in [-0.15, -0.1) is 0 Å². The standard InChI is InChI=1S/C20H20Cl2N6/c21-13-6-7-14(16(22)12-13)20-27-17-5-2-1-4-15(17)19(28-20)26-11-3-10-25-18(24)8-9-23/h1-2,4-9,12,23,25H,3,10-11,24H2,(H,26,27,28)/b18-8+,23-9?. The third-order valence-electron chi connectivity index (χ3n) is 4.01. The highest BCUT2D eigenvalue weighted by atomic mass is 35.5. The summed E-state index contributed by atoms with van der Waals surface area (Å²) < 4.78 is 0. The Labute approximate surface area is 173 Å². The molecule has 8 heteroatoms. The summed E-state index contributed by atoms with van der Waals surface area (Å²) >= 11 is 12.3. The molecule has 3 aromatic rings. The van der Waals surface area contributed by atoms with Crippen molar-refractivity contribution in [1.82, 2.24) is 15.3 Å². The quantitative estimate of drug-likeness (QED) is 0.322. The number of hydrogen-bond acceptors (Lipinski definition) is 6. The fraction of sp³-hybridized carbons (Fsp3) is 0.150. The van der Waals surface area contributed by atoms with Crippen LogP contribution in [0.1, 0.15) is 6.42 Å². The summed E-state index contributed by atoms with van der Waals surface area (Å²) in [5.41, 5.74) is 7.26. The second-order valence-corrected chi connectivity index (χ2v) is 6.88. The first-order valence-corrected chi connectivity index (χ1v) is 9.50. The third-order valence-corrected chi connectivity index (χ3v) is 4.56. The van der Waals surface area contributed by atoms with E-state index in [-0.39, 0.29) is 0 Å². The Bertz CT molecular complexity index is 1020. The van der Waals surface area contributed by atoms with Crippen molar-refractivity contribution in [3.63, 3.8) is 0 Å². The lowest BCUT2D eigenvalue weighted by atomic mass is 10.1. The molecule has 0 aliphatic rings. The van der Waals surface area contributed by atoms with Crippen molar-refractivity contribution in [2.75, 3.05) is 18.4 Å². The molecule has 0 aliphatic carbocycles. The van der Waals surface area contributed by atoms with E-state index in [1.54, 1.807) is 12.1 Å². The maximum Gasteiger partial charge on any atom is 0.163 e. The van der Waals surface area contributed by atoms with Crippen LogP contribution >= 0.6 is 23.2 Å². The number of fused-ring (bicyclic) bond motifs is 1. The lowest BCUT2D eigenvalue weighted by Gasteiger charge is -2.12. The van der Waals surface area contributed by atoms with Crippen LogP contribution in [-0.2, 0) is 0 Å². The van der Waals surface area contributed by atoms with E-state index in [0.29, 0.717) is 34.8 Å². The number of aromatic nitrogens is 2. The molecule has 5 N–H and O–H groups in total. The Balaban J connectivity index is 1.81. The first-order valence-electron chi connectivity index (χ1n) is 8.74. The molecule has 0 atom stereocenters. The van der Waals surface area contributed by atoms with Crippen LogP contribution in [-0.4, -0.2) is 29.3 Å². The smallest absolute Gasteiger partial charge is 0.163 e. The number of benzene rings is 2. The number of nitrogens with two attached hydrogens (primary N) is 1. The van der Waals surface area contributed by atoms with Gasteiger partial charge in [-0.2, -0.15) is 0 Å². The first-order chi connectivity index (χ1) is 13.6. The zero-order valence-electron chi connectivity index (χ0n) is 15.0. The van der Waals surface area contributed by atoms with Gasteiger partial charge >= 0.3 is 0 Å². The molecule has 0 bridgehead atoms. The summed E-state index contributed by atoms with van der Waals surface area (Å²) in [6.45, 7) is 1.38. The van der Waals surface area contributed by atoms with Crippen LogP contribution in [0.4, 0.5) is 5.82 Å². The summed E-state index contributed by atoms with van der Waals surface area (Å²) in [4.78, 5) is 9.34. The molecule has 0 unspecified atom stereocenters. The number of hydrogen-bond donors (Lipinski definition) is 4. The van der Waals surface area contributed by atoms with Crippen molar-refractivity contribution in [2.24, 2.45) is 5.73 Å². The van der Waals surface area contributed by atoms with Crippen molar-refractivity contribution in [3.05, 3.63) is 64.4 Å². The van der Waals surface area contributed by atoms with Gasteiger partial charge in [0.25, 0.3) is 0 Å². The summed E-state index contributed by atoms with van der Waals surface area (Å²) in [5, 5.41) is 15.4. The summed E-state index contributed by atoms with van der Waals surface area (Å²) in [6, 6.07) is 13.1. The van der Waals surface area contributed by atoms with Crippen LogP contribution in [0.5, 0.6) is 0 Å². The average molecular weight is 415 g/mol. The van der Waals surface area contributed by atoms with Crippen LogP contribution in [0.3, 0.4) is 0 Å². The van der Waals surface area contributed by atoms with Gasteiger partial charge in [-0.25, -0.2) is 9.97 Å². The van der Waals surface area contributed by atoms with E-state index in [0.717, 1.165) is 34.9 Å². The average Bonchev–Trinajstić information content (AvgIpc) is 2.67. The predicted octanol–water partition coefficient (Wildman–Crippen LogP) is 4.44. The zero-order valence-corrected chi connectivity index (χ0v) is 16.6. The van der Waals surface area contributed by atoms with Crippen LogP contribution in [0, 0.1) is 5.41 Å². The first kappa shape index (κ1) is 19.9. The molecule has 0 amide bonds. The Kier molecular flexibility index (Phi) is 6.68. The van der Waals surface area contributed by atoms with Crippen molar-refractivity contribution >= 4 is 46.1 Å². The molecule has 144 valence electrons. The largest absolute Gasteiger partial charge is 0.385 e. The molecule has 0 saturated carbocycles. The monoisotopic (exact) mass is 414 g/mol. The number of nitrogens with zero attached hydrogens (tertiary/aromatic N) is 2. The molecule has 0 aliphatic heterocycles. The molecule has 0 radical (unpaired) electrons. The van der Waals surface area contributed by atoms with Gasteiger partial charge in [-0.1, -0.05) is 35.3 Å².